The molecule has 0 aromatic heterocycles. The smallest absolute Gasteiger partial charge is 0.272 e. The number of rotatable bonds is 5. The van der Waals surface area contributed by atoms with Crippen LogP contribution in [0.4, 0.5) is 5.69 Å². The molecule has 0 unspecified atom stereocenters. The van der Waals surface area contributed by atoms with Gasteiger partial charge in [-0.05, 0) is 49.2 Å². The number of nitriles is 1. The van der Waals surface area contributed by atoms with Crippen molar-refractivity contribution in [3.63, 3.8) is 0 Å². The van der Waals surface area contributed by atoms with Crippen LogP contribution in [0.3, 0.4) is 0 Å². The number of allylic oxidation sites excluding steroid dienone is 1. The standard InChI is InChI=1S/C18H18N2O3S/c1-13-4-9-18(14(2)10-13)20-24(21,22)17(12-19)11-15-5-7-16(23-3)8-6-15/h4-11,20H,1-3H3. The molecule has 0 fully saturated rings. The molecular weight excluding hydrogens is 324 g/mol. The Morgan fingerprint density at radius 1 is 1.17 bits per heavy atom. The van der Waals surface area contributed by atoms with E-state index in [9.17, 15) is 13.7 Å². The van der Waals surface area contributed by atoms with Crippen LogP contribution in [-0.4, -0.2) is 15.5 Å². The third-order valence-electron chi connectivity index (χ3n) is 3.44. The van der Waals surface area contributed by atoms with Gasteiger partial charge in [0.25, 0.3) is 10.0 Å². The third-order valence-corrected chi connectivity index (χ3v) is 4.72. The second-order valence-electron chi connectivity index (χ2n) is 5.32. The van der Waals surface area contributed by atoms with Gasteiger partial charge in [0.05, 0.1) is 12.8 Å². The Morgan fingerprint density at radius 2 is 1.83 bits per heavy atom. The minimum absolute atomic E-state index is 0.354. The molecular formula is C18H18N2O3S. The van der Waals surface area contributed by atoms with Gasteiger partial charge in [-0.15, -0.1) is 0 Å². The number of hydrogen-bond donors (Lipinski definition) is 1. The molecule has 0 heterocycles. The number of ether oxygens (including phenoxy) is 1. The SMILES string of the molecule is COc1ccc(C=C(C#N)S(=O)(=O)Nc2ccc(C)cc2C)cc1. The van der Waals surface area contributed by atoms with Crippen molar-refractivity contribution in [2.45, 2.75) is 13.8 Å². The Labute approximate surface area is 142 Å². The Balaban J connectivity index is 2.33. The minimum atomic E-state index is -3.96. The van der Waals surface area contributed by atoms with Crippen LogP contribution in [0.15, 0.2) is 47.4 Å². The zero-order chi connectivity index (χ0) is 17.7. The van der Waals surface area contributed by atoms with Gasteiger partial charge in [-0.3, -0.25) is 4.72 Å². The third kappa shape index (κ3) is 4.15. The predicted molar refractivity (Wildman–Crippen MR) is 95.0 cm³/mol. The first kappa shape index (κ1) is 17.6. The van der Waals surface area contributed by atoms with Gasteiger partial charge in [0.2, 0.25) is 0 Å². The Kier molecular flexibility index (Phi) is 5.27. The van der Waals surface area contributed by atoms with Crippen LogP contribution in [0.2, 0.25) is 0 Å². The molecule has 0 aliphatic carbocycles. The quantitative estimate of drug-likeness (QED) is 0.842. The summed E-state index contributed by atoms with van der Waals surface area (Å²) in [5, 5.41) is 9.25. The summed E-state index contributed by atoms with van der Waals surface area (Å²) in [6, 6.07) is 13.9. The van der Waals surface area contributed by atoms with E-state index in [0.717, 1.165) is 11.1 Å². The van der Waals surface area contributed by atoms with Gasteiger partial charge in [0.1, 0.15) is 11.8 Å². The summed E-state index contributed by atoms with van der Waals surface area (Å²) in [5.74, 6) is 0.655. The Morgan fingerprint density at radius 3 is 2.38 bits per heavy atom. The summed E-state index contributed by atoms with van der Waals surface area (Å²) in [6.45, 7) is 3.74. The van der Waals surface area contributed by atoms with E-state index in [2.05, 4.69) is 4.72 Å². The first-order valence-electron chi connectivity index (χ1n) is 7.21. The number of hydrogen-bond acceptors (Lipinski definition) is 4. The fraction of sp³-hybridized carbons (Fsp3) is 0.167. The molecule has 0 amide bonds. The Bertz CT molecular complexity index is 908. The van der Waals surface area contributed by atoms with E-state index in [1.807, 2.05) is 26.0 Å². The molecule has 0 bridgehead atoms. The topological polar surface area (TPSA) is 79.2 Å². The second kappa shape index (κ2) is 7.20. The van der Waals surface area contributed by atoms with E-state index >= 15 is 0 Å². The highest BCUT2D eigenvalue weighted by molar-refractivity contribution is 7.97. The van der Waals surface area contributed by atoms with E-state index in [-0.39, 0.29) is 4.91 Å². The van der Waals surface area contributed by atoms with E-state index < -0.39 is 10.0 Å². The lowest BCUT2D eigenvalue weighted by Gasteiger charge is -2.10. The number of nitrogens with one attached hydrogen (secondary N) is 1. The van der Waals surface area contributed by atoms with E-state index in [4.69, 9.17) is 4.74 Å². The molecule has 5 nitrogen and oxygen atoms in total. The number of sulfonamides is 1. The Hall–Kier alpha value is -2.78. The maximum absolute atomic E-state index is 12.5. The zero-order valence-corrected chi connectivity index (χ0v) is 14.5. The zero-order valence-electron chi connectivity index (χ0n) is 13.7. The summed E-state index contributed by atoms with van der Waals surface area (Å²) in [5.41, 5.74) is 2.87. The number of methoxy groups -OCH3 is 1. The average molecular weight is 342 g/mol. The second-order valence-corrected chi connectivity index (χ2v) is 6.97. The largest absolute Gasteiger partial charge is 0.497 e. The first-order chi connectivity index (χ1) is 11.4. The normalized spacial score (nSPS) is 11.7. The van der Waals surface area contributed by atoms with Gasteiger partial charge in [-0.1, -0.05) is 29.8 Å². The van der Waals surface area contributed by atoms with Crippen molar-refractivity contribution in [1.82, 2.24) is 0 Å². The van der Waals surface area contributed by atoms with Crippen molar-refractivity contribution < 1.29 is 13.2 Å². The number of aryl methyl sites for hydroxylation is 2. The monoisotopic (exact) mass is 342 g/mol. The predicted octanol–water partition coefficient (Wildman–Crippen LogP) is 3.62. The highest BCUT2D eigenvalue weighted by Gasteiger charge is 2.18. The average Bonchev–Trinajstić information content (AvgIpc) is 2.55. The van der Waals surface area contributed by atoms with E-state index in [1.54, 1.807) is 43.5 Å². The molecule has 0 radical (unpaired) electrons. The molecule has 0 spiro atoms. The van der Waals surface area contributed by atoms with Crippen molar-refractivity contribution in [3.05, 3.63) is 64.1 Å². The molecule has 2 rings (SSSR count). The molecule has 0 saturated carbocycles. The summed E-state index contributed by atoms with van der Waals surface area (Å²) < 4.78 is 32.5. The van der Waals surface area contributed by atoms with Crippen LogP contribution in [0, 0.1) is 25.2 Å². The molecule has 6 heteroatoms. The number of anilines is 1. The van der Waals surface area contributed by atoms with E-state index in [0.29, 0.717) is 17.0 Å². The molecule has 0 aliphatic heterocycles. The van der Waals surface area contributed by atoms with Gasteiger partial charge < -0.3 is 4.74 Å². The van der Waals surface area contributed by atoms with Crippen molar-refractivity contribution in [2.24, 2.45) is 0 Å². The van der Waals surface area contributed by atoms with Gasteiger partial charge in [-0.2, -0.15) is 5.26 Å². The van der Waals surface area contributed by atoms with Gasteiger partial charge >= 0.3 is 0 Å². The van der Waals surface area contributed by atoms with Crippen molar-refractivity contribution in [2.75, 3.05) is 11.8 Å². The van der Waals surface area contributed by atoms with Crippen LogP contribution in [0.5, 0.6) is 5.75 Å². The van der Waals surface area contributed by atoms with Crippen LogP contribution < -0.4 is 9.46 Å². The van der Waals surface area contributed by atoms with Gasteiger partial charge in [0, 0.05) is 0 Å². The van der Waals surface area contributed by atoms with Crippen molar-refractivity contribution in [3.8, 4) is 11.8 Å². The maximum Gasteiger partial charge on any atom is 0.272 e. The molecule has 0 atom stereocenters. The lowest BCUT2D eigenvalue weighted by Crippen LogP contribution is -2.15. The van der Waals surface area contributed by atoms with Crippen molar-refractivity contribution in [1.29, 1.82) is 5.26 Å². The fourth-order valence-electron chi connectivity index (χ4n) is 2.15. The molecule has 24 heavy (non-hydrogen) atoms. The fourth-order valence-corrected chi connectivity index (χ4v) is 3.19. The lowest BCUT2D eigenvalue weighted by molar-refractivity contribution is 0.415. The summed E-state index contributed by atoms with van der Waals surface area (Å²) >= 11 is 0. The van der Waals surface area contributed by atoms with Crippen LogP contribution in [0.1, 0.15) is 16.7 Å². The molecule has 124 valence electrons. The first-order valence-corrected chi connectivity index (χ1v) is 8.70. The van der Waals surface area contributed by atoms with Crippen LogP contribution >= 0.6 is 0 Å². The molecule has 0 aliphatic rings. The highest BCUT2D eigenvalue weighted by atomic mass is 32.2. The van der Waals surface area contributed by atoms with Crippen LogP contribution in [-0.2, 0) is 10.0 Å². The van der Waals surface area contributed by atoms with Crippen LogP contribution in [0.25, 0.3) is 6.08 Å². The number of nitrogens with zero attached hydrogens (tertiary/aromatic N) is 1. The summed E-state index contributed by atoms with van der Waals surface area (Å²) in [4.78, 5) is -0.354. The molecule has 0 saturated heterocycles. The van der Waals surface area contributed by atoms with Crippen molar-refractivity contribution >= 4 is 21.8 Å². The van der Waals surface area contributed by atoms with Gasteiger partial charge in [-0.25, -0.2) is 8.42 Å². The van der Waals surface area contributed by atoms with E-state index in [1.165, 1.54) is 6.08 Å². The lowest BCUT2D eigenvalue weighted by atomic mass is 10.1. The minimum Gasteiger partial charge on any atom is -0.497 e. The number of benzene rings is 2. The highest BCUT2D eigenvalue weighted by Crippen LogP contribution is 2.21. The maximum atomic E-state index is 12.5. The molecule has 1 N–H and O–H groups in total. The summed E-state index contributed by atoms with van der Waals surface area (Å²) in [6.07, 6.45) is 1.32. The summed E-state index contributed by atoms with van der Waals surface area (Å²) in [7, 11) is -2.41. The molecule has 2 aromatic rings. The van der Waals surface area contributed by atoms with Gasteiger partial charge in [0.15, 0.2) is 4.91 Å². The molecule has 2 aromatic carbocycles.